The van der Waals surface area contributed by atoms with Crippen LogP contribution in [0.4, 0.5) is 0 Å². The number of rotatable bonds is 5. The van der Waals surface area contributed by atoms with Crippen molar-refractivity contribution in [2.24, 2.45) is 0 Å². The van der Waals surface area contributed by atoms with Gasteiger partial charge in [0.15, 0.2) is 0 Å². The number of hydrogen-bond donors (Lipinski definition) is 1. The molecule has 1 aliphatic carbocycles. The zero-order valence-electron chi connectivity index (χ0n) is 10.3. The molecule has 0 aromatic heterocycles. The van der Waals surface area contributed by atoms with Gasteiger partial charge in [-0.1, -0.05) is 22.0 Å². The SMILES string of the molecule is CCOCCNC1CCc2cc(Br)ccc2C1. The van der Waals surface area contributed by atoms with Gasteiger partial charge in [-0.25, -0.2) is 0 Å². The van der Waals surface area contributed by atoms with Crippen molar-refractivity contribution in [2.45, 2.75) is 32.2 Å². The summed E-state index contributed by atoms with van der Waals surface area (Å²) < 4.78 is 6.53. The first kappa shape index (κ1) is 13.1. The van der Waals surface area contributed by atoms with Crippen LogP contribution in [0.5, 0.6) is 0 Å². The topological polar surface area (TPSA) is 21.3 Å². The molecule has 0 heterocycles. The molecule has 1 aromatic carbocycles. The number of halogens is 1. The maximum Gasteiger partial charge on any atom is 0.0590 e. The summed E-state index contributed by atoms with van der Waals surface area (Å²) in [4.78, 5) is 0. The minimum Gasteiger partial charge on any atom is -0.380 e. The van der Waals surface area contributed by atoms with E-state index in [0.29, 0.717) is 6.04 Å². The highest BCUT2D eigenvalue weighted by molar-refractivity contribution is 9.10. The predicted octanol–water partition coefficient (Wildman–Crippen LogP) is 2.93. The summed E-state index contributed by atoms with van der Waals surface area (Å²) in [5.74, 6) is 0. The fraction of sp³-hybridized carbons (Fsp3) is 0.571. The quantitative estimate of drug-likeness (QED) is 0.844. The summed E-state index contributed by atoms with van der Waals surface area (Å²) in [6.07, 6.45) is 3.56. The Labute approximate surface area is 112 Å². The average molecular weight is 298 g/mol. The minimum atomic E-state index is 0.615. The maximum absolute atomic E-state index is 5.34. The van der Waals surface area contributed by atoms with Crippen molar-refractivity contribution in [3.63, 3.8) is 0 Å². The van der Waals surface area contributed by atoms with Gasteiger partial charge in [0.25, 0.3) is 0 Å². The standard InChI is InChI=1S/C14H20BrNO/c1-2-17-8-7-16-14-6-4-11-9-13(15)5-3-12(11)10-14/h3,5,9,14,16H,2,4,6-8,10H2,1H3. The highest BCUT2D eigenvalue weighted by atomic mass is 79.9. The van der Waals surface area contributed by atoms with Gasteiger partial charge >= 0.3 is 0 Å². The molecular weight excluding hydrogens is 278 g/mol. The van der Waals surface area contributed by atoms with Crippen molar-refractivity contribution < 1.29 is 4.74 Å². The number of nitrogens with one attached hydrogen (secondary N) is 1. The van der Waals surface area contributed by atoms with Gasteiger partial charge in [-0.15, -0.1) is 0 Å². The third kappa shape index (κ3) is 3.80. The van der Waals surface area contributed by atoms with Crippen LogP contribution in [0.2, 0.25) is 0 Å². The summed E-state index contributed by atoms with van der Waals surface area (Å²) in [6.45, 7) is 4.63. The largest absolute Gasteiger partial charge is 0.380 e. The van der Waals surface area contributed by atoms with E-state index in [1.54, 1.807) is 0 Å². The van der Waals surface area contributed by atoms with Crippen LogP contribution in [0.25, 0.3) is 0 Å². The van der Waals surface area contributed by atoms with E-state index in [-0.39, 0.29) is 0 Å². The summed E-state index contributed by atoms with van der Waals surface area (Å²) >= 11 is 3.53. The highest BCUT2D eigenvalue weighted by Crippen LogP contribution is 2.24. The zero-order chi connectivity index (χ0) is 12.1. The fourth-order valence-corrected chi connectivity index (χ4v) is 2.79. The zero-order valence-corrected chi connectivity index (χ0v) is 11.9. The highest BCUT2D eigenvalue weighted by Gasteiger charge is 2.17. The molecule has 0 amide bonds. The van der Waals surface area contributed by atoms with E-state index in [9.17, 15) is 0 Å². The molecule has 2 nitrogen and oxygen atoms in total. The molecule has 1 aliphatic rings. The van der Waals surface area contributed by atoms with Crippen LogP contribution < -0.4 is 5.32 Å². The van der Waals surface area contributed by atoms with E-state index in [1.807, 2.05) is 6.92 Å². The van der Waals surface area contributed by atoms with Gasteiger partial charge in [-0.05, 0) is 49.4 Å². The molecule has 1 aromatic rings. The fourth-order valence-electron chi connectivity index (χ4n) is 2.38. The van der Waals surface area contributed by atoms with Crippen LogP contribution in [0.15, 0.2) is 22.7 Å². The Morgan fingerprint density at radius 2 is 2.29 bits per heavy atom. The molecule has 1 N–H and O–H groups in total. The predicted molar refractivity (Wildman–Crippen MR) is 74.5 cm³/mol. The Hall–Kier alpha value is -0.380. The summed E-state index contributed by atoms with van der Waals surface area (Å²) in [7, 11) is 0. The summed E-state index contributed by atoms with van der Waals surface area (Å²) in [5, 5.41) is 3.58. The Morgan fingerprint density at radius 1 is 1.41 bits per heavy atom. The normalized spacial score (nSPS) is 19.1. The first-order chi connectivity index (χ1) is 8.29. The first-order valence-corrected chi connectivity index (χ1v) is 7.17. The van der Waals surface area contributed by atoms with Gasteiger partial charge in [0.1, 0.15) is 0 Å². The number of aryl methyl sites for hydroxylation is 1. The molecule has 94 valence electrons. The third-order valence-electron chi connectivity index (χ3n) is 3.28. The van der Waals surface area contributed by atoms with Gasteiger partial charge in [0.05, 0.1) is 6.61 Å². The third-order valence-corrected chi connectivity index (χ3v) is 3.77. The number of benzene rings is 1. The number of hydrogen-bond acceptors (Lipinski definition) is 2. The molecule has 0 bridgehead atoms. The minimum absolute atomic E-state index is 0.615. The van der Waals surface area contributed by atoms with E-state index in [1.165, 1.54) is 28.4 Å². The van der Waals surface area contributed by atoms with Crippen molar-refractivity contribution in [3.8, 4) is 0 Å². The molecule has 0 saturated carbocycles. The van der Waals surface area contributed by atoms with E-state index in [4.69, 9.17) is 4.74 Å². The smallest absolute Gasteiger partial charge is 0.0590 e. The van der Waals surface area contributed by atoms with Crippen molar-refractivity contribution in [3.05, 3.63) is 33.8 Å². The second kappa shape index (κ2) is 6.53. The molecule has 0 spiro atoms. The lowest BCUT2D eigenvalue weighted by atomic mass is 9.88. The molecule has 3 heteroatoms. The van der Waals surface area contributed by atoms with Crippen LogP contribution in [-0.4, -0.2) is 25.8 Å². The molecule has 1 atom stereocenters. The molecule has 0 fully saturated rings. The molecule has 17 heavy (non-hydrogen) atoms. The Morgan fingerprint density at radius 3 is 3.12 bits per heavy atom. The average Bonchev–Trinajstić information content (AvgIpc) is 2.35. The molecule has 0 aliphatic heterocycles. The van der Waals surface area contributed by atoms with Crippen LogP contribution in [0.1, 0.15) is 24.5 Å². The lowest BCUT2D eigenvalue weighted by molar-refractivity contribution is 0.146. The second-order valence-electron chi connectivity index (χ2n) is 4.50. The van der Waals surface area contributed by atoms with Crippen molar-refractivity contribution >= 4 is 15.9 Å². The summed E-state index contributed by atoms with van der Waals surface area (Å²) in [5.41, 5.74) is 3.00. The van der Waals surface area contributed by atoms with E-state index < -0.39 is 0 Å². The van der Waals surface area contributed by atoms with Gasteiger partial charge in [0, 0.05) is 23.7 Å². The lowest BCUT2D eigenvalue weighted by Gasteiger charge is -2.25. The molecule has 0 radical (unpaired) electrons. The monoisotopic (exact) mass is 297 g/mol. The van der Waals surface area contributed by atoms with Crippen molar-refractivity contribution in [1.29, 1.82) is 0 Å². The Bertz CT molecular complexity index is 367. The molecule has 1 unspecified atom stereocenters. The lowest BCUT2D eigenvalue weighted by Crippen LogP contribution is -2.36. The van der Waals surface area contributed by atoms with E-state index in [2.05, 4.69) is 39.4 Å². The molecule has 0 saturated heterocycles. The van der Waals surface area contributed by atoms with Gasteiger partial charge in [0.2, 0.25) is 0 Å². The summed E-state index contributed by atoms with van der Waals surface area (Å²) in [6, 6.07) is 7.26. The Kier molecular flexibility index (Phi) is 5.01. The van der Waals surface area contributed by atoms with Gasteiger partial charge in [-0.2, -0.15) is 0 Å². The van der Waals surface area contributed by atoms with Crippen molar-refractivity contribution in [2.75, 3.05) is 19.8 Å². The van der Waals surface area contributed by atoms with E-state index >= 15 is 0 Å². The first-order valence-electron chi connectivity index (χ1n) is 6.38. The van der Waals surface area contributed by atoms with Gasteiger partial charge < -0.3 is 10.1 Å². The Balaban J connectivity index is 1.84. The van der Waals surface area contributed by atoms with Gasteiger partial charge in [-0.3, -0.25) is 0 Å². The van der Waals surface area contributed by atoms with Crippen LogP contribution >= 0.6 is 15.9 Å². The number of ether oxygens (including phenoxy) is 1. The van der Waals surface area contributed by atoms with Crippen molar-refractivity contribution in [1.82, 2.24) is 5.32 Å². The van der Waals surface area contributed by atoms with Crippen LogP contribution in [-0.2, 0) is 17.6 Å². The maximum atomic E-state index is 5.34. The molecule has 2 rings (SSSR count). The second-order valence-corrected chi connectivity index (χ2v) is 5.42. The van der Waals surface area contributed by atoms with Crippen LogP contribution in [0, 0.1) is 0 Å². The molecular formula is C14H20BrNO. The van der Waals surface area contributed by atoms with Crippen LogP contribution in [0.3, 0.4) is 0 Å². The number of fused-ring (bicyclic) bond motifs is 1. The van der Waals surface area contributed by atoms with E-state index in [0.717, 1.165) is 26.2 Å².